The van der Waals surface area contributed by atoms with Crippen molar-refractivity contribution in [3.8, 4) is 5.69 Å². The Balaban J connectivity index is 1.65. The number of rotatable bonds is 5. The van der Waals surface area contributed by atoms with Crippen molar-refractivity contribution in [1.29, 1.82) is 0 Å². The standard InChI is InChI=1S/C24H19N3O4S/c1-14-7-3-6-10-18(14)27-22(28)21-20(16-8-4-5-9-17(16)25-21)26-24(27)32-13-15-11-12-19(31-15)23(29)30-2/h3-12,25H,13H2,1-2H3. The van der Waals surface area contributed by atoms with Crippen molar-refractivity contribution in [2.24, 2.45) is 0 Å². The number of hydrogen-bond acceptors (Lipinski definition) is 6. The number of carbonyl (C=O) groups excluding carboxylic acids is 1. The second-order valence-electron chi connectivity index (χ2n) is 7.26. The molecular formula is C24H19N3O4S. The Bertz CT molecular complexity index is 1530. The van der Waals surface area contributed by atoms with Crippen LogP contribution in [0.25, 0.3) is 27.6 Å². The van der Waals surface area contributed by atoms with Crippen LogP contribution in [0.4, 0.5) is 0 Å². The summed E-state index contributed by atoms with van der Waals surface area (Å²) in [4.78, 5) is 33.4. The van der Waals surface area contributed by atoms with Gasteiger partial charge in [-0.05, 0) is 36.8 Å². The molecule has 3 aromatic heterocycles. The van der Waals surface area contributed by atoms with E-state index < -0.39 is 5.97 Å². The van der Waals surface area contributed by atoms with E-state index >= 15 is 0 Å². The number of carbonyl (C=O) groups is 1. The van der Waals surface area contributed by atoms with E-state index in [1.165, 1.54) is 18.9 Å². The van der Waals surface area contributed by atoms with Crippen LogP contribution in [-0.4, -0.2) is 27.6 Å². The van der Waals surface area contributed by atoms with Crippen LogP contribution in [0.3, 0.4) is 0 Å². The number of esters is 1. The number of ether oxygens (including phenoxy) is 1. The van der Waals surface area contributed by atoms with Gasteiger partial charge in [0.05, 0.1) is 18.6 Å². The third-order valence-corrected chi connectivity index (χ3v) is 6.20. The number of nitrogens with zero attached hydrogens (tertiary/aromatic N) is 2. The van der Waals surface area contributed by atoms with Crippen LogP contribution in [0.15, 0.2) is 75.0 Å². The average molecular weight is 446 g/mol. The van der Waals surface area contributed by atoms with E-state index in [0.29, 0.717) is 27.7 Å². The molecule has 0 saturated carbocycles. The lowest BCUT2D eigenvalue weighted by Gasteiger charge is -2.13. The van der Waals surface area contributed by atoms with Crippen molar-refractivity contribution >= 4 is 39.7 Å². The highest BCUT2D eigenvalue weighted by atomic mass is 32.2. The van der Waals surface area contributed by atoms with Gasteiger partial charge in [-0.15, -0.1) is 0 Å². The summed E-state index contributed by atoms with van der Waals surface area (Å²) >= 11 is 1.37. The molecule has 0 aliphatic rings. The molecule has 160 valence electrons. The molecule has 0 unspecified atom stereocenters. The van der Waals surface area contributed by atoms with Gasteiger partial charge in [0.2, 0.25) is 5.76 Å². The molecular weight excluding hydrogens is 426 g/mol. The van der Waals surface area contributed by atoms with Gasteiger partial charge in [0, 0.05) is 10.9 Å². The highest BCUT2D eigenvalue weighted by molar-refractivity contribution is 7.98. The van der Waals surface area contributed by atoms with Gasteiger partial charge in [0.25, 0.3) is 5.56 Å². The minimum absolute atomic E-state index is 0.138. The first kappa shape index (κ1) is 20.1. The van der Waals surface area contributed by atoms with Gasteiger partial charge in [-0.1, -0.05) is 48.2 Å². The first-order valence-corrected chi connectivity index (χ1v) is 10.9. The number of benzene rings is 2. The monoisotopic (exact) mass is 445 g/mol. The van der Waals surface area contributed by atoms with Crippen LogP contribution >= 0.6 is 11.8 Å². The lowest BCUT2D eigenvalue weighted by molar-refractivity contribution is 0.0563. The number of furan rings is 1. The van der Waals surface area contributed by atoms with E-state index in [0.717, 1.165) is 22.2 Å². The molecule has 0 amide bonds. The highest BCUT2D eigenvalue weighted by Crippen LogP contribution is 2.29. The molecule has 0 saturated heterocycles. The molecule has 0 aliphatic heterocycles. The molecule has 0 fully saturated rings. The zero-order chi connectivity index (χ0) is 22.2. The topological polar surface area (TPSA) is 90.1 Å². The maximum absolute atomic E-state index is 13.6. The molecule has 0 atom stereocenters. The average Bonchev–Trinajstić information content (AvgIpc) is 3.43. The molecule has 3 heterocycles. The van der Waals surface area contributed by atoms with E-state index in [2.05, 4.69) is 4.98 Å². The molecule has 32 heavy (non-hydrogen) atoms. The molecule has 5 rings (SSSR count). The van der Waals surface area contributed by atoms with Crippen LogP contribution in [0, 0.1) is 6.92 Å². The summed E-state index contributed by atoms with van der Waals surface area (Å²) in [5.74, 6) is 0.583. The fourth-order valence-electron chi connectivity index (χ4n) is 3.67. The van der Waals surface area contributed by atoms with E-state index in [9.17, 15) is 9.59 Å². The second kappa shape index (κ2) is 8.05. The zero-order valence-electron chi connectivity index (χ0n) is 17.4. The van der Waals surface area contributed by atoms with Crippen molar-refractivity contribution in [2.45, 2.75) is 17.8 Å². The van der Waals surface area contributed by atoms with Gasteiger partial charge in [0.1, 0.15) is 16.8 Å². The van der Waals surface area contributed by atoms with Crippen LogP contribution in [0.5, 0.6) is 0 Å². The quantitative estimate of drug-likeness (QED) is 0.236. The summed E-state index contributed by atoms with van der Waals surface area (Å²) in [6.07, 6.45) is 0. The number of fused-ring (bicyclic) bond motifs is 3. The van der Waals surface area contributed by atoms with Crippen LogP contribution in [-0.2, 0) is 10.5 Å². The fraction of sp³-hybridized carbons (Fsp3) is 0.125. The molecule has 0 aliphatic carbocycles. The first-order valence-electron chi connectivity index (χ1n) is 9.96. The van der Waals surface area contributed by atoms with E-state index in [4.69, 9.17) is 14.1 Å². The summed E-state index contributed by atoms with van der Waals surface area (Å²) in [5, 5.41) is 1.43. The van der Waals surface area contributed by atoms with E-state index in [-0.39, 0.29) is 11.3 Å². The third kappa shape index (κ3) is 3.38. The number of H-pyrrole nitrogens is 1. The Hall–Kier alpha value is -3.78. The van der Waals surface area contributed by atoms with Gasteiger partial charge in [0.15, 0.2) is 5.16 Å². The second-order valence-corrected chi connectivity index (χ2v) is 8.20. The number of hydrogen-bond donors (Lipinski definition) is 1. The number of aromatic nitrogens is 3. The Kier molecular flexibility index (Phi) is 5.07. The molecule has 5 aromatic rings. The SMILES string of the molecule is COC(=O)c1ccc(CSc2nc3c([nH]c4ccccc43)c(=O)n2-c2ccccc2C)o1. The maximum Gasteiger partial charge on any atom is 0.373 e. The van der Waals surface area contributed by atoms with Gasteiger partial charge >= 0.3 is 5.97 Å². The Morgan fingerprint density at radius 2 is 1.91 bits per heavy atom. The summed E-state index contributed by atoms with van der Waals surface area (Å²) in [6, 6.07) is 18.7. The summed E-state index contributed by atoms with van der Waals surface area (Å²) < 4.78 is 11.9. The Labute approximate surface area is 187 Å². The molecule has 0 spiro atoms. The molecule has 7 nitrogen and oxygen atoms in total. The predicted molar refractivity (Wildman–Crippen MR) is 124 cm³/mol. The van der Waals surface area contributed by atoms with Gasteiger partial charge < -0.3 is 14.1 Å². The summed E-state index contributed by atoms with van der Waals surface area (Å²) in [7, 11) is 1.31. The number of methoxy groups -OCH3 is 1. The van der Waals surface area contributed by atoms with Crippen molar-refractivity contribution in [2.75, 3.05) is 7.11 Å². The lowest BCUT2D eigenvalue weighted by atomic mass is 10.2. The normalized spacial score (nSPS) is 11.3. The largest absolute Gasteiger partial charge is 0.463 e. The number of thioether (sulfide) groups is 1. The first-order chi connectivity index (χ1) is 15.6. The number of nitrogens with one attached hydrogen (secondary N) is 1. The molecule has 0 bridgehead atoms. The van der Waals surface area contributed by atoms with Crippen molar-refractivity contribution < 1.29 is 13.9 Å². The smallest absolute Gasteiger partial charge is 0.373 e. The summed E-state index contributed by atoms with van der Waals surface area (Å²) in [6.45, 7) is 1.96. The van der Waals surface area contributed by atoms with E-state index in [1.54, 1.807) is 16.7 Å². The fourth-order valence-corrected chi connectivity index (χ4v) is 4.56. The summed E-state index contributed by atoms with van der Waals surface area (Å²) in [5.41, 5.74) is 3.51. The zero-order valence-corrected chi connectivity index (χ0v) is 18.2. The van der Waals surface area contributed by atoms with Gasteiger partial charge in [-0.3, -0.25) is 9.36 Å². The molecule has 2 aromatic carbocycles. The number of aromatic amines is 1. The molecule has 0 radical (unpaired) electrons. The van der Waals surface area contributed by atoms with Crippen molar-refractivity contribution in [3.63, 3.8) is 0 Å². The lowest BCUT2D eigenvalue weighted by Crippen LogP contribution is -2.22. The Morgan fingerprint density at radius 1 is 1.12 bits per heavy atom. The van der Waals surface area contributed by atoms with Crippen molar-refractivity contribution in [1.82, 2.24) is 14.5 Å². The van der Waals surface area contributed by atoms with E-state index in [1.807, 2.05) is 55.5 Å². The minimum Gasteiger partial charge on any atom is -0.463 e. The van der Waals surface area contributed by atoms with Crippen LogP contribution in [0.1, 0.15) is 21.9 Å². The van der Waals surface area contributed by atoms with Crippen LogP contribution < -0.4 is 5.56 Å². The Morgan fingerprint density at radius 3 is 2.72 bits per heavy atom. The molecule has 1 N–H and O–H groups in total. The van der Waals surface area contributed by atoms with Gasteiger partial charge in [-0.25, -0.2) is 9.78 Å². The van der Waals surface area contributed by atoms with Crippen LogP contribution in [0.2, 0.25) is 0 Å². The van der Waals surface area contributed by atoms with Crippen molar-refractivity contribution in [3.05, 3.63) is 88.1 Å². The third-order valence-electron chi connectivity index (χ3n) is 5.24. The maximum atomic E-state index is 13.6. The molecule has 8 heteroatoms. The predicted octanol–water partition coefficient (Wildman–Crippen LogP) is 4.85. The minimum atomic E-state index is -0.531. The number of aryl methyl sites for hydroxylation is 1. The highest BCUT2D eigenvalue weighted by Gasteiger charge is 2.19. The van der Waals surface area contributed by atoms with Gasteiger partial charge in [-0.2, -0.15) is 0 Å². The number of para-hydroxylation sites is 2.